The highest BCUT2D eigenvalue weighted by molar-refractivity contribution is 6.60. The Kier molecular flexibility index (Phi) is 26.1. The summed E-state index contributed by atoms with van der Waals surface area (Å²) in [5.41, 5.74) is 0. The smallest absolute Gasteiger partial charge is 0.400 e. The first-order chi connectivity index (χ1) is 13.2. The van der Waals surface area contributed by atoms with Gasteiger partial charge in [0.25, 0.3) is 0 Å². The van der Waals surface area contributed by atoms with E-state index in [-0.39, 0.29) is 0 Å². The molecule has 0 atom stereocenters. The average Bonchev–Trinajstić information content (AvgIpc) is 2.72. The van der Waals surface area contributed by atoms with Crippen molar-refractivity contribution < 1.29 is 18.4 Å². The molecule has 0 heterocycles. The molecule has 0 rings (SSSR count). The molecule has 0 aliphatic heterocycles. The molecule has 5 heteroatoms. The molecule has 0 fully saturated rings. The fraction of sp³-hybridized carbons (Fsp3) is 1.00. The Morgan fingerprint density at radius 1 is 0.481 bits per heavy atom. The maximum absolute atomic E-state index is 7.00. The van der Waals surface area contributed by atoms with Gasteiger partial charge in [-0.1, -0.05) is 103 Å². The number of aliphatic hydroxyl groups is 1. The van der Waals surface area contributed by atoms with Crippen LogP contribution in [0.3, 0.4) is 0 Å². The van der Waals surface area contributed by atoms with Crippen LogP contribution in [0.1, 0.15) is 110 Å². The van der Waals surface area contributed by atoms with E-state index in [0.717, 1.165) is 19.6 Å². The van der Waals surface area contributed by atoms with Crippen molar-refractivity contribution in [3.05, 3.63) is 0 Å². The van der Waals surface area contributed by atoms with Gasteiger partial charge >= 0.3 is 8.80 Å². The molecule has 0 saturated carbocycles. The number of hydrogen-bond acceptors (Lipinski definition) is 4. The SMILES string of the molecule is CCCCCCCCCCCCCCCCCC[Si](OC)(OC)OC.CO. The second-order valence-electron chi connectivity index (χ2n) is 7.35. The van der Waals surface area contributed by atoms with Crippen LogP contribution in [0.4, 0.5) is 0 Å². The number of hydrogen-bond donors (Lipinski definition) is 1. The number of unbranched alkanes of at least 4 members (excludes halogenated alkanes) is 15. The van der Waals surface area contributed by atoms with E-state index >= 15 is 0 Å². The van der Waals surface area contributed by atoms with Gasteiger partial charge in [-0.2, -0.15) is 0 Å². The van der Waals surface area contributed by atoms with Gasteiger partial charge in [-0.25, -0.2) is 0 Å². The van der Waals surface area contributed by atoms with E-state index in [1.165, 1.54) is 96.3 Å². The van der Waals surface area contributed by atoms with E-state index in [4.69, 9.17) is 18.4 Å². The second-order valence-corrected chi connectivity index (χ2v) is 10.4. The van der Waals surface area contributed by atoms with E-state index in [1.807, 2.05) is 0 Å². The Morgan fingerprint density at radius 2 is 0.741 bits per heavy atom. The largest absolute Gasteiger partial charge is 0.500 e. The molecule has 27 heavy (non-hydrogen) atoms. The van der Waals surface area contributed by atoms with E-state index in [0.29, 0.717) is 0 Å². The molecule has 0 spiro atoms. The summed E-state index contributed by atoms with van der Waals surface area (Å²) in [6, 6.07) is 0.939. The molecule has 0 bridgehead atoms. The zero-order valence-corrected chi connectivity index (χ0v) is 20.2. The minimum Gasteiger partial charge on any atom is -0.400 e. The molecular weight excluding hydrogens is 356 g/mol. The molecule has 0 radical (unpaired) electrons. The predicted octanol–water partition coefficient (Wildman–Crippen LogP) is 6.73. The summed E-state index contributed by atoms with van der Waals surface area (Å²) in [6.45, 7) is 2.29. The summed E-state index contributed by atoms with van der Waals surface area (Å²) in [5.74, 6) is 0. The van der Waals surface area contributed by atoms with E-state index in [1.54, 1.807) is 21.3 Å². The van der Waals surface area contributed by atoms with Gasteiger partial charge in [0, 0.05) is 34.5 Å². The molecule has 0 aromatic heterocycles. The van der Waals surface area contributed by atoms with E-state index < -0.39 is 8.80 Å². The lowest BCUT2D eigenvalue weighted by Gasteiger charge is -2.24. The van der Waals surface area contributed by atoms with Crippen LogP contribution in [0.5, 0.6) is 0 Å². The van der Waals surface area contributed by atoms with Crippen molar-refractivity contribution >= 4 is 8.80 Å². The Labute approximate surface area is 171 Å². The summed E-state index contributed by atoms with van der Waals surface area (Å²) in [4.78, 5) is 0. The fourth-order valence-corrected chi connectivity index (χ4v) is 5.24. The van der Waals surface area contributed by atoms with Gasteiger partial charge in [-0.3, -0.25) is 0 Å². The third-order valence-electron chi connectivity index (χ3n) is 5.27. The standard InChI is InChI=1S/C21H46O3Si.CH4O/c1-5-6-7-8-9-10-11-12-13-14-15-16-17-18-19-20-21-25(22-2,23-3)24-4;1-2/h5-21H2,1-4H3;2H,1H3. The predicted molar refractivity (Wildman–Crippen MR) is 119 cm³/mol. The average molecular weight is 407 g/mol. The normalized spacial score (nSPS) is 11.3. The topological polar surface area (TPSA) is 47.9 Å². The van der Waals surface area contributed by atoms with Gasteiger partial charge < -0.3 is 18.4 Å². The Hall–Kier alpha value is 0.0569. The van der Waals surface area contributed by atoms with Crippen molar-refractivity contribution in [2.45, 2.75) is 116 Å². The zero-order valence-electron chi connectivity index (χ0n) is 19.2. The van der Waals surface area contributed by atoms with Crippen molar-refractivity contribution in [3.8, 4) is 0 Å². The molecule has 0 saturated heterocycles. The molecule has 0 amide bonds. The lowest BCUT2D eigenvalue weighted by atomic mass is 10.0. The van der Waals surface area contributed by atoms with E-state index in [2.05, 4.69) is 6.92 Å². The summed E-state index contributed by atoms with van der Waals surface area (Å²) in [6.07, 6.45) is 22.3. The van der Waals surface area contributed by atoms with Crippen molar-refractivity contribution in [2.24, 2.45) is 0 Å². The molecule has 0 aromatic rings. The van der Waals surface area contributed by atoms with E-state index in [9.17, 15) is 0 Å². The van der Waals surface area contributed by atoms with Crippen LogP contribution in [0.15, 0.2) is 0 Å². The summed E-state index contributed by atoms with van der Waals surface area (Å²) >= 11 is 0. The highest BCUT2D eigenvalue weighted by Gasteiger charge is 2.36. The van der Waals surface area contributed by atoms with Gasteiger partial charge in [0.1, 0.15) is 0 Å². The third-order valence-corrected chi connectivity index (χ3v) is 8.10. The molecule has 0 unspecified atom stereocenters. The monoisotopic (exact) mass is 406 g/mol. The zero-order chi connectivity index (χ0) is 20.6. The lowest BCUT2D eigenvalue weighted by molar-refractivity contribution is 0.122. The molecule has 1 N–H and O–H groups in total. The Balaban J connectivity index is 0. The van der Waals surface area contributed by atoms with Crippen LogP contribution in [0, 0.1) is 0 Å². The number of aliphatic hydroxyl groups excluding tert-OH is 1. The van der Waals surface area contributed by atoms with Crippen LogP contribution < -0.4 is 0 Å². The molecule has 0 aliphatic carbocycles. The van der Waals surface area contributed by atoms with Gasteiger partial charge in [-0.05, 0) is 6.42 Å². The first-order valence-electron chi connectivity index (χ1n) is 11.3. The van der Waals surface area contributed by atoms with Crippen molar-refractivity contribution in [1.82, 2.24) is 0 Å². The Bertz CT molecular complexity index is 252. The first-order valence-corrected chi connectivity index (χ1v) is 13.3. The molecular formula is C22H50O4Si. The third kappa shape index (κ3) is 19.2. The summed E-state index contributed by atoms with van der Waals surface area (Å²) in [5, 5.41) is 7.00. The molecule has 0 aromatic carbocycles. The maximum atomic E-state index is 7.00. The lowest BCUT2D eigenvalue weighted by Crippen LogP contribution is -2.42. The van der Waals surface area contributed by atoms with Crippen molar-refractivity contribution in [2.75, 3.05) is 28.4 Å². The summed E-state index contributed by atoms with van der Waals surface area (Å²) < 4.78 is 16.4. The van der Waals surface area contributed by atoms with Crippen LogP contribution in [0.25, 0.3) is 0 Å². The fourth-order valence-electron chi connectivity index (χ4n) is 3.45. The summed E-state index contributed by atoms with van der Waals surface area (Å²) in [7, 11) is 3.78. The second kappa shape index (κ2) is 24.1. The highest BCUT2D eigenvalue weighted by atomic mass is 28.4. The van der Waals surface area contributed by atoms with Crippen LogP contribution in [-0.4, -0.2) is 42.4 Å². The van der Waals surface area contributed by atoms with Crippen LogP contribution >= 0.6 is 0 Å². The van der Waals surface area contributed by atoms with Gasteiger partial charge in [0.15, 0.2) is 0 Å². The van der Waals surface area contributed by atoms with Gasteiger partial charge in [0.05, 0.1) is 0 Å². The van der Waals surface area contributed by atoms with Gasteiger partial charge in [0.2, 0.25) is 0 Å². The molecule has 0 aliphatic rings. The first kappa shape index (κ1) is 29.3. The molecule has 4 nitrogen and oxygen atoms in total. The van der Waals surface area contributed by atoms with Crippen molar-refractivity contribution in [1.29, 1.82) is 0 Å². The minimum absolute atomic E-state index is 0.939. The highest BCUT2D eigenvalue weighted by Crippen LogP contribution is 2.18. The van der Waals surface area contributed by atoms with Crippen LogP contribution in [0.2, 0.25) is 6.04 Å². The number of rotatable bonds is 20. The minimum atomic E-state index is -2.32. The van der Waals surface area contributed by atoms with Crippen molar-refractivity contribution in [3.63, 3.8) is 0 Å². The maximum Gasteiger partial charge on any atom is 0.500 e. The molecule has 166 valence electrons. The van der Waals surface area contributed by atoms with Crippen LogP contribution in [-0.2, 0) is 13.3 Å². The quantitative estimate of drug-likeness (QED) is 0.180. The van der Waals surface area contributed by atoms with Gasteiger partial charge in [-0.15, -0.1) is 0 Å². The Morgan fingerprint density at radius 3 is 1.00 bits per heavy atom.